The first-order valence-electron chi connectivity index (χ1n) is 8.66. The third kappa shape index (κ3) is 2.63. The Hall–Kier alpha value is -2.85. The highest BCUT2D eigenvalue weighted by atomic mass is 32.2. The minimum atomic E-state index is 0.351. The summed E-state index contributed by atoms with van der Waals surface area (Å²) in [4.78, 5) is 0. The minimum absolute atomic E-state index is 0.351. The van der Waals surface area contributed by atoms with Crippen molar-refractivity contribution in [1.82, 2.24) is 15.0 Å². The molecule has 0 saturated carbocycles. The molecule has 0 fully saturated rings. The van der Waals surface area contributed by atoms with Crippen LogP contribution in [0.25, 0.3) is 16.8 Å². The molecule has 126 valence electrons. The van der Waals surface area contributed by atoms with Crippen molar-refractivity contribution >= 4 is 11.8 Å². The molecule has 0 aliphatic heterocycles. The second-order valence-electron chi connectivity index (χ2n) is 6.36. The van der Waals surface area contributed by atoms with Crippen molar-refractivity contribution in [3.05, 3.63) is 102 Å². The van der Waals surface area contributed by atoms with Crippen LogP contribution in [0.5, 0.6) is 0 Å². The first-order valence-corrected chi connectivity index (χ1v) is 9.71. The predicted octanol–water partition coefficient (Wildman–Crippen LogP) is 5.27. The van der Waals surface area contributed by atoms with Crippen LogP contribution < -0.4 is 0 Å². The number of fused-ring (bicyclic) bond motifs is 3. The Labute approximate surface area is 156 Å². The molecule has 4 aromatic rings. The van der Waals surface area contributed by atoms with Gasteiger partial charge in [0.2, 0.25) is 0 Å². The molecule has 0 bridgehead atoms. The fourth-order valence-electron chi connectivity index (χ4n) is 3.53. The summed E-state index contributed by atoms with van der Waals surface area (Å²) in [6, 6.07) is 27.5. The van der Waals surface area contributed by atoms with Gasteiger partial charge in [0.1, 0.15) is 0 Å². The molecule has 1 aliphatic rings. The topological polar surface area (TPSA) is 30.7 Å². The van der Waals surface area contributed by atoms with Gasteiger partial charge in [-0.2, -0.15) is 0 Å². The van der Waals surface area contributed by atoms with Crippen LogP contribution in [0.4, 0.5) is 0 Å². The zero-order valence-electron chi connectivity index (χ0n) is 14.1. The second kappa shape index (κ2) is 6.46. The van der Waals surface area contributed by atoms with Gasteiger partial charge in [0, 0.05) is 5.75 Å². The fraction of sp³-hybridized carbons (Fsp3) is 0.0909. The van der Waals surface area contributed by atoms with E-state index in [9.17, 15) is 0 Å². The van der Waals surface area contributed by atoms with Crippen molar-refractivity contribution in [3.8, 4) is 16.8 Å². The quantitative estimate of drug-likeness (QED) is 0.499. The Morgan fingerprint density at radius 1 is 0.769 bits per heavy atom. The minimum Gasteiger partial charge on any atom is -0.220 e. The average molecular weight is 355 g/mol. The van der Waals surface area contributed by atoms with Crippen molar-refractivity contribution in [3.63, 3.8) is 0 Å². The van der Waals surface area contributed by atoms with Gasteiger partial charge in [-0.1, -0.05) is 71.9 Å². The number of hydrogen-bond donors (Lipinski definition) is 0. The maximum atomic E-state index is 4.36. The predicted molar refractivity (Wildman–Crippen MR) is 106 cm³/mol. The highest BCUT2D eigenvalue weighted by molar-refractivity contribution is 7.99. The van der Waals surface area contributed by atoms with Crippen LogP contribution in [0.3, 0.4) is 0 Å². The van der Waals surface area contributed by atoms with Crippen LogP contribution in [0, 0.1) is 0 Å². The van der Waals surface area contributed by atoms with Crippen molar-refractivity contribution in [1.29, 1.82) is 0 Å². The van der Waals surface area contributed by atoms with E-state index < -0.39 is 0 Å². The molecule has 3 aromatic carbocycles. The average Bonchev–Trinajstić information content (AvgIpc) is 3.30. The Morgan fingerprint density at radius 2 is 1.38 bits per heavy atom. The summed E-state index contributed by atoms with van der Waals surface area (Å²) >= 11 is 1.92. The molecule has 0 spiro atoms. The summed E-state index contributed by atoms with van der Waals surface area (Å²) < 4.78 is 1.84. The van der Waals surface area contributed by atoms with E-state index >= 15 is 0 Å². The molecule has 0 unspecified atom stereocenters. The van der Waals surface area contributed by atoms with Crippen molar-refractivity contribution < 1.29 is 0 Å². The van der Waals surface area contributed by atoms with E-state index in [-0.39, 0.29) is 0 Å². The van der Waals surface area contributed by atoms with Crippen molar-refractivity contribution in [2.24, 2.45) is 0 Å². The summed E-state index contributed by atoms with van der Waals surface area (Å²) in [6.45, 7) is 0. The maximum Gasteiger partial charge on any atom is 0.0930 e. The number of nitrogens with zero attached hydrogens (tertiary/aromatic N) is 3. The van der Waals surface area contributed by atoms with E-state index in [0.717, 1.165) is 17.1 Å². The molecule has 4 heteroatoms. The van der Waals surface area contributed by atoms with Crippen LogP contribution in [-0.4, -0.2) is 15.0 Å². The molecule has 0 saturated heterocycles. The first-order chi connectivity index (χ1) is 12.9. The van der Waals surface area contributed by atoms with E-state index in [4.69, 9.17) is 0 Å². The number of thioether (sulfide) groups is 1. The van der Waals surface area contributed by atoms with Crippen molar-refractivity contribution in [2.75, 3.05) is 0 Å². The van der Waals surface area contributed by atoms with E-state index in [1.807, 2.05) is 53.0 Å². The lowest BCUT2D eigenvalue weighted by Crippen LogP contribution is -1.93. The molecule has 1 heterocycles. The standard InChI is InChI=1S/C22H17N3S/c1-2-8-17(9-3-1)25-14-16(23-24-25)15-26-22-20-12-6-4-10-18(20)19-11-5-7-13-21(19)22/h1-14,22H,15H2. The van der Waals surface area contributed by atoms with Gasteiger partial charge in [0.25, 0.3) is 0 Å². The van der Waals surface area contributed by atoms with Gasteiger partial charge in [-0.3, -0.25) is 0 Å². The monoisotopic (exact) mass is 355 g/mol. The molecule has 1 aromatic heterocycles. The third-order valence-electron chi connectivity index (χ3n) is 4.74. The number of aromatic nitrogens is 3. The Kier molecular flexibility index (Phi) is 3.83. The highest BCUT2D eigenvalue weighted by Gasteiger charge is 2.28. The summed E-state index contributed by atoms with van der Waals surface area (Å²) in [6.07, 6.45) is 2.02. The summed E-state index contributed by atoms with van der Waals surface area (Å²) in [7, 11) is 0. The smallest absolute Gasteiger partial charge is 0.0930 e. The largest absolute Gasteiger partial charge is 0.220 e. The van der Waals surface area contributed by atoms with E-state index in [0.29, 0.717) is 5.25 Å². The molecule has 0 N–H and O–H groups in total. The number of para-hydroxylation sites is 1. The summed E-state index contributed by atoms with van der Waals surface area (Å²) in [5, 5.41) is 8.98. The zero-order chi connectivity index (χ0) is 17.3. The SMILES string of the molecule is c1ccc(-n2cc(CSC3c4ccccc4-c4ccccc43)nn2)cc1. The lowest BCUT2D eigenvalue weighted by molar-refractivity contribution is 0.800. The summed E-state index contributed by atoms with van der Waals surface area (Å²) in [5.41, 5.74) is 7.54. The Bertz CT molecular complexity index is 1010. The first kappa shape index (κ1) is 15.4. The fourth-order valence-corrected chi connectivity index (χ4v) is 4.77. The second-order valence-corrected chi connectivity index (χ2v) is 7.45. The van der Waals surface area contributed by atoms with Crippen LogP contribution >= 0.6 is 11.8 Å². The normalized spacial score (nSPS) is 12.8. The zero-order valence-corrected chi connectivity index (χ0v) is 14.9. The molecular formula is C22H17N3S. The molecule has 0 amide bonds. The van der Waals surface area contributed by atoms with Gasteiger partial charge in [0.05, 0.1) is 22.8 Å². The van der Waals surface area contributed by atoms with Gasteiger partial charge >= 0.3 is 0 Å². The Morgan fingerprint density at radius 3 is 2.08 bits per heavy atom. The highest BCUT2D eigenvalue weighted by Crippen LogP contribution is 2.50. The molecule has 5 rings (SSSR count). The molecule has 0 radical (unpaired) electrons. The Balaban J connectivity index is 1.40. The van der Waals surface area contributed by atoms with Crippen LogP contribution in [0.2, 0.25) is 0 Å². The number of rotatable bonds is 4. The molecule has 0 atom stereocenters. The van der Waals surface area contributed by atoms with E-state index in [1.54, 1.807) is 0 Å². The van der Waals surface area contributed by atoms with Gasteiger partial charge < -0.3 is 0 Å². The van der Waals surface area contributed by atoms with Gasteiger partial charge in [-0.25, -0.2) is 4.68 Å². The van der Waals surface area contributed by atoms with Gasteiger partial charge in [0.15, 0.2) is 0 Å². The number of benzene rings is 3. The van der Waals surface area contributed by atoms with Crippen LogP contribution in [0.1, 0.15) is 22.1 Å². The molecule has 26 heavy (non-hydrogen) atoms. The molecule has 1 aliphatic carbocycles. The van der Waals surface area contributed by atoms with Gasteiger partial charge in [-0.15, -0.1) is 16.9 Å². The van der Waals surface area contributed by atoms with Crippen LogP contribution in [0.15, 0.2) is 85.1 Å². The number of hydrogen-bond acceptors (Lipinski definition) is 3. The van der Waals surface area contributed by atoms with Crippen LogP contribution in [-0.2, 0) is 5.75 Å². The lowest BCUT2D eigenvalue weighted by atomic mass is 10.1. The van der Waals surface area contributed by atoms with E-state index in [1.165, 1.54) is 22.3 Å². The lowest BCUT2D eigenvalue weighted by Gasteiger charge is -2.12. The summed E-state index contributed by atoms with van der Waals surface area (Å²) in [5.74, 6) is 0.834. The molecule has 3 nitrogen and oxygen atoms in total. The van der Waals surface area contributed by atoms with Crippen molar-refractivity contribution in [2.45, 2.75) is 11.0 Å². The van der Waals surface area contributed by atoms with E-state index in [2.05, 4.69) is 58.8 Å². The maximum absolute atomic E-state index is 4.36. The van der Waals surface area contributed by atoms with Gasteiger partial charge in [-0.05, 0) is 34.4 Å². The third-order valence-corrected chi connectivity index (χ3v) is 6.04. The molecular weight excluding hydrogens is 338 g/mol.